The average Bonchev–Trinajstić information content (AvgIpc) is 3.51. The minimum absolute atomic E-state index is 0.0750. The Morgan fingerprint density at radius 2 is 2.00 bits per heavy atom. The number of carbonyl (C=O) groups is 2. The maximum atomic E-state index is 12.5. The smallest absolute Gasteiger partial charge is 0.309 e. The molecule has 9 atom stereocenters. The monoisotopic (exact) mass is 494 g/mol. The number of rotatable bonds is 7. The van der Waals surface area contributed by atoms with E-state index < -0.39 is 42.0 Å². The molecular weight excluding hydrogens is 452 g/mol. The molecule has 1 fully saturated rings. The highest BCUT2D eigenvalue weighted by atomic mass is 16.6. The summed E-state index contributed by atoms with van der Waals surface area (Å²) in [5.41, 5.74) is -0.589. The first-order chi connectivity index (χ1) is 16.3. The second-order valence-corrected chi connectivity index (χ2v) is 10.3. The molecule has 0 amide bonds. The quantitative estimate of drug-likeness (QED) is 0.213. The van der Waals surface area contributed by atoms with E-state index in [9.17, 15) is 24.9 Å². The molecule has 0 bridgehead atoms. The standard InChI is InChI=1S/C27H42O8/c1-16(14-22-26(34-22)19(4)28)8-7-9-17(2)25-18(3)10-11-23(33-20(5)29)27(6,32)13-12-21(30)15-24(31)35-25/h7-11,16,18-19,21-23,25-26,28,30,32H,12-15H2,1-6H3/b8-7+,11-10+,17-9+/t16-,18-,19-,21+,22+,23-,25-,26-,27-/m0/s1. The summed E-state index contributed by atoms with van der Waals surface area (Å²) in [5.74, 6) is -1.07. The Balaban J connectivity index is 2.17. The number of cyclic esters (lactones) is 1. The van der Waals surface area contributed by atoms with Gasteiger partial charge in [-0.2, -0.15) is 0 Å². The molecule has 0 aromatic rings. The van der Waals surface area contributed by atoms with Crippen molar-refractivity contribution in [3.8, 4) is 0 Å². The Bertz CT molecular complexity index is 812. The number of epoxide rings is 1. The van der Waals surface area contributed by atoms with Gasteiger partial charge in [-0.05, 0) is 57.6 Å². The molecule has 1 saturated heterocycles. The van der Waals surface area contributed by atoms with Gasteiger partial charge in [0.1, 0.15) is 23.9 Å². The summed E-state index contributed by atoms with van der Waals surface area (Å²) in [7, 11) is 0. The fourth-order valence-electron chi connectivity index (χ4n) is 4.34. The SMILES string of the molecule is CC(=O)O[C@H]1/C=C/[C@H](C)[C@H](/C(C)=C/C=C/[C@H](C)C[C@H]2O[C@H]2[C@H](C)O)OC(=O)C[C@H](O)CC[C@]1(C)O. The van der Waals surface area contributed by atoms with Gasteiger partial charge in [0.15, 0.2) is 0 Å². The number of allylic oxidation sites excluding steroid dienone is 3. The van der Waals surface area contributed by atoms with Gasteiger partial charge in [-0.3, -0.25) is 9.59 Å². The van der Waals surface area contributed by atoms with Gasteiger partial charge in [-0.15, -0.1) is 0 Å². The molecule has 3 N–H and O–H groups in total. The molecule has 0 aromatic heterocycles. The van der Waals surface area contributed by atoms with E-state index in [1.54, 1.807) is 26.0 Å². The summed E-state index contributed by atoms with van der Waals surface area (Å²) in [6.07, 6.45) is 7.23. The molecule has 35 heavy (non-hydrogen) atoms. The zero-order chi connectivity index (χ0) is 26.3. The molecule has 0 radical (unpaired) electrons. The maximum absolute atomic E-state index is 12.5. The lowest BCUT2D eigenvalue weighted by molar-refractivity contribution is -0.157. The zero-order valence-electron chi connectivity index (χ0n) is 21.7. The molecule has 0 spiro atoms. The predicted octanol–water partition coefficient (Wildman–Crippen LogP) is 2.99. The second-order valence-electron chi connectivity index (χ2n) is 10.3. The van der Waals surface area contributed by atoms with Crippen LogP contribution in [0.15, 0.2) is 36.0 Å². The zero-order valence-corrected chi connectivity index (χ0v) is 21.7. The third kappa shape index (κ3) is 9.52. The lowest BCUT2D eigenvalue weighted by atomic mass is 9.88. The van der Waals surface area contributed by atoms with Crippen LogP contribution in [0.5, 0.6) is 0 Å². The topological polar surface area (TPSA) is 126 Å². The Kier molecular flexibility index (Phi) is 10.7. The molecule has 198 valence electrons. The molecule has 8 nitrogen and oxygen atoms in total. The normalized spacial score (nSPS) is 37.5. The summed E-state index contributed by atoms with van der Waals surface area (Å²) < 4.78 is 16.6. The number of aliphatic hydroxyl groups excluding tert-OH is 2. The predicted molar refractivity (Wildman–Crippen MR) is 131 cm³/mol. The van der Waals surface area contributed by atoms with E-state index in [0.29, 0.717) is 0 Å². The Hall–Kier alpha value is -2.00. The van der Waals surface area contributed by atoms with Crippen molar-refractivity contribution in [1.82, 2.24) is 0 Å². The summed E-state index contributed by atoms with van der Waals surface area (Å²) in [6.45, 7) is 10.4. The number of hydrogen-bond donors (Lipinski definition) is 3. The van der Waals surface area contributed by atoms with Gasteiger partial charge in [0.2, 0.25) is 0 Å². The number of hydrogen-bond acceptors (Lipinski definition) is 8. The van der Waals surface area contributed by atoms with Crippen LogP contribution in [0.2, 0.25) is 0 Å². The Morgan fingerprint density at radius 1 is 1.31 bits per heavy atom. The van der Waals surface area contributed by atoms with E-state index in [4.69, 9.17) is 14.2 Å². The summed E-state index contributed by atoms with van der Waals surface area (Å²) in [5, 5.41) is 30.8. The molecule has 2 rings (SSSR count). The molecule has 8 heteroatoms. The third-order valence-electron chi connectivity index (χ3n) is 6.57. The summed E-state index contributed by atoms with van der Waals surface area (Å²) in [4.78, 5) is 24.1. The van der Waals surface area contributed by atoms with Crippen molar-refractivity contribution in [2.45, 2.75) is 109 Å². The van der Waals surface area contributed by atoms with Gasteiger partial charge in [0, 0.05) is 12.8 Å². The minimum atomic E-state index is -1.40. The van der Waals surface area contributed by atoms with Gasteiger partial charge in [0.25, 0.3) is 0 Å². The van der Waals surface area contributed by atoms with Crippen molar-refractivity contribution in [1.29, 1.82) is 0 Å². The third-order valence-corrected chi connectivity index (χ3v) is 6.57. The van der Waals surface area contributed by atoms with Gasteiger partial charge >= 0.3 is 11.9 Å². The fourth-order valence-corrected chi connectivity index (χ4v) is 4.34. The maximum Gasteiger partial charge on any atom is 0.309 e. The molecular formula is C27H42O8. The van der Waals surface area contributed by atoms with Crippen LogP contribution in [-0.2, 0) is 23.8 Å². The van der Waals surface area contributed by atoms with E-state index in [1.807, 2.05) is 32.1 Å². The highest BCUT2D eigenvalue weighted by Gasteiger charge is 2.42. The van der Waals surface area contributed by atoms with Crippen LogP contribution in [0.3, 0.4) is 0 Å². The summed E-state index contributed by atoms with van der Waals surface area (Å²) in [6, 6.07) is 0. The van der Waals surface area contributed by atoms with Crippen molar-refractivity contribution in [3.63, 3.8) is 0 Å². The van der Waals surface area contributed by atoms with Crippen molar-refractivity contribution >= 4 is 11.9 Å². The van der Waals surface area contributed by atoms with E-state index in [2.05, 4.69) is 6.92 Å². The minimum Gasteiger partial charge on any atom is -0.457 e. The largest absolute Gasteiger partial charge is 0.457 e. The fraction of sp³-hybridized carbons (Fsp3) is 0.704. The van der Waals surface area contributed by atoms with Crippen molar-refractivity contribution in [2.24, 2.45) is 11.8 Å². The Labute approximate surface area is 208 Å². The number of esters is 2. The van der Waals surface area contributed by atoms with Gasteiger partial charge in [-0.1, -0.05) is 38.2 Å². The molecule has 0 unspecified atom stereocenters. The Morgan fingerprint density at radius 3 is 2.60 bits per heavy atom. The van der Waals surface area contributed by atoms with Crippen LogP contribution >= 0.6 is 0 Å². The second kappa shape index (κ2) is 12.8. The van der Waals surface area contributed by atoms with Crippen LogP contribution < -0.4 is 0 Å². The van der Waals surface area contributed by atoms with E-state index in [1.165, 1.54) is 6.92 Å². The van der Waals surface area contributed by atoms with Crippen LogP contribution in [-0.4, -0.2) is 69.5 Å². The van der Waals surface area contributed by atoms with E-state index in [0.717, 1.165) is 12.0 Å². The first-order valence-corrected chi connectivity index (χ1v) is 12.4. The molecule has 2 aliphatic heterocycles. The summed E-state index contributed by atoms with van der Waals surface area (Å²) >= 11 is 0. The van der Waals surface area contributed by atoms with E-state index >= 15 is 0 Å². The van der Waals surface area contributed by atoms with Crippen LogP contribution in [0.1, 0.15) is 67.2 Å². The van der Waals surface area contributed by atoms with Crippen LogP contribution in [0, 0.1) is 11.8 Å². The number of aliphatic hydroxyl groups is 3. The average molecular weight is 495 g/mol. The van der Waals surface area contributed by atoms with Gasteiger partial charge < -0.3 is 29.5 Å². The first-order valence-electron chi connectivity index (χ1n) is 12.4. The first kappa shape index (κ1) is 29.2. The van der Waals surface area contributed by atoms with Crippen LogP contribution in [0.4, 0.5) is 0 Å². The van der Waals surface area contributed by atoms with Gasteiger partial charge in [-0.25, -0.2) is 0 Å². The molecule has 0 aromatic carbocycles. The highest BCUT2D eigenvalue weighted by molar-refractivity contribution is 5.70. The highest BCUT2D eigenvalue weighted by Crippen LogP contribution is 2.31. The molecule has 0 saturated carbocycles. The van der Waals surface area contributed by atoms with Crippen LogP contribution in [0.25, 0.3) is 0 Å². The lowest BCUT2D eigenvalue weighted by Crippen LogP contribution is -2.42. The van der Waals surface area contributed by atoms with Crippen molar-refractivity contribution in [2.75, 3.05) is 0 Å². The lowest BCUT2D eigenvalue weighted by Gasteiger charge is -2.32. The van der Waals surface area contributed by atoms with Gasteiger partial charge in [0.05, 0.1) is 24.7 Å². The van der Waals surface area contributed by atoms with E-state index in [-0.39, 0.29) is 43.3 Å². The molecule has 2 aliphatic rings. The van der Waals surface area contributed by atoms with Crippen molar-refractivity contribution in [3.05, 3.63) is 36.0 Å². The van der Waals surface area contributed by atoms with Crippen molar-refractivity contribution < 1.29 is 39.1 Å². The number of ether oxygens (including phenoxy) is 3. The number of carbonyl (C=O) groups excluding carboxylic acids is 2. The molecule has 0 aliphatic carbocycles. The molecule has 2 heterocycles.